The monoisotopic (exact) mass is 274 g/mol. The van der Waals surface area contributed by atoms with Crippen molar-refractivity contribution in [2.75, 3.05) is 25.0 Å². The second-order valence-electron chi connectivity index (χ2n) is 5.71. The molecular weight excluding hydrogens is 252 g/mol. The van der Waals surface area contributed by atoms with Crippen LogP contribution in [-0.2, 0) is 6.42 Å². The summed E-state index contributed by atoms with van der Waals surface area (Å²) in [5.74, 6) is 0.153. The van der Waals surface area contributed by atoms with E-state index in [2.05, 4.69) is 5.32 Å². The number of benzene rings is 1. The van der Waals surface area contributed by atoms with Crippen LogP contribution in [0.2, 0.25) is 0 Å². The van der Waals surface area contributed by atoms with Crippen LogP contribution in [0.1, 0.15) is 41.6 Å². The number of aliphatic hydroxyl groups is 1. The molecule has 0 aliphatic carbocycles. The minimum atomic E-state index is 0.153. The van der Waals surface area contributed by atoms with E-state index in [9.17, 15) is 4.79 Å². The molecular formula is C16H22N2O2. The predicted molar refractivity (Wildman–Crippen MR) is 79.0 cm³/mol. The van der Waals surface area contributed by atoms with Crippen LogP contribution in [0.4, 0.5) is 5.69 Å². The molecule has 2 aliphatic heterocycles. The molecule has 0 bridgehead atoms. The molecule has 0 saturated carbocycles. The summed E-state index contributed by atoms with van der Waals surface area (Å²) in [4.78, 5) is 14.7. The molecule has 20 heavy (non-hydrogen) atoms. The molecule has 2 N–H and O–H groups in total. The summed E-state index contributed by atoms with van der Waals surface area (Å²) >= 11 is 0. The fourth-order valence-electron chi connectivity index (χ4n) is 3.33. The third kappa shape index (κ3) is 2.52. The molecule has 1 unspecified atom stereocenters. The van der Waals surface area contributed by atoms with Crippen LogP contribution < -0.4 is 5.32 Å². The van der Waals surface area contributed by atoms with Gasteiger partial charge >= 0.3 is 0 Å². The van der Waals surface area contributed by atoms with Crippen molar-refractivity contribution in [3.05, 3.63) is 29.3 Å². The van der Waals surface area contributed by atoms with Gasteiger partial charge in [0.2, 0.25) is 0 Å². The van der Waals surface area contributed by atoms with Crippen molar-refractivity contribution < 1.29 is 9.90 Å². The van der Waals surface area contributed by atoms with Gasteiger partial charge in [-0.1, -0.05) is 0 Å². The normalized spacial score (nSPS) is 20.9. The van der Waals surface area contributed by atoms with Gasteiger partial charge in [0, 0.05) is 37.0 Å². The molecule has 1 saturated heterocycles. The lowest BCUT2D eigenvalue weighted by atomic mass is 10.1. The molecule has 108 valence electrons. The van der Waals surface area contributed by atoms with Crippen molar-refractivity contribution in [2.45, 2.75) is 38.1 Å². The highest BCUT2D eigenvalue weighted by molar-refractivity contribution is 5.95. The number of aliphatic hydroxyl groups excluding tert-OH is 1. The largest absolute Gasteiger partial charge is 0.396 e. The third-order valence-corrected chi connectivity index (χ3v) is 4.40. The zero-order valence-corrected chi connectivity index (χ0v) is 11.8. The van der Waals surface area contributed by atoms with Gasteiger partial charge in [-0.15, -0.1) is 0 Å². The van der Waals surface area contributed by atoms with Crippen LogP contribution in [0.3, 0.4) is 0 Å². The molecule has 2 heterocycles. The van der Waals surface area contributed by atoms with E-state index in [1.807, 2.05) is 23.1 Å². The highest BCUT2D eigenvalue weighted by atomic mass is 16.3. The minimum absolute atomic E-state index is 0.153. The highest BCUT2D eigenvalue weighted by Gasteiger charge is 2.29. The number of anilines is 1. The van der Waals surface area contributed by atoms with E-state index in [0.29, 0.717) is 6.04 Å². The fourth-order valence-corrected chi connectivity index (χ4v) is 3.33. The van der Waals surface area contributed by atoms with Crippen LogP contribution in [-0.4, -0.2) is 41.7 Å². The number of likely N-dealkylation sites (tertiary alicyclic amines) is 1. The minimum Gasteiger partial charge on any atom is -0.396 e. The molecule has 0 aromatic heterocycles. The number of fused-ring (bicyclic) bond motifs is 1. The van der Waals surface area contributed by atoms with Crippen molar-refractivity contribution in [1.29, 1.82) is 0 Å². The van der Waals surface area contributed by atoms with Crippen molar-refractivity contribution >= 4 is 11.6 Å². The van der Waals surface area contributed by atoms with E-state index < -0.39 is 0 Å². The zero-order chi connectivity index (χ0) is 13.9. The Kier molecular flexibility index (Phi) is 3.92. The standard InChI is InChI=1S/C16H22N2O2/c19-10-2-4-14-3-1-9-18(14)16(20)13-5-6-15-12(11-13)7-8-17-15/h5-6,11,14,17,19H,1-4,7-10H2. The Labute approximate surface area is 119 Å². The molecule has 1 atom stereocenters. The molecule has 1 aromatic carbocycles. The van der Waals surface area contributed by atoms with Crippen molar-refractivity contribution in [1.82, 2.24) is 4.90 Å². The highest BCUT2D eigenvalue weighted by Crippen LogP contribution is 2.27. The lowest BCUT2D eigenvalue weighted by molar-refractivity contribution is 0.0724. The first-order valence-corrected chi connectivity index (χ1v) is 7.58. The van der Waals surface area contributed by atoms with E-state index in [4.69, 9.17) is 5.11 Å². The summed E-state index contributed by atoms with van der Waals surface area (Å²) in [7, 11) is 0. The van der Waals surface area contributed by atoms with Crippen molar-refractivity contribution in [3.63, 3.8) is 0 Å². The van der Waals surface area contributed by atoms with E-state index >= 15 is 0 Å². The average molecular weight is 274 g/mol. The topological polar surface area (TPSA) is 52.6 Å². The summed E-state index contributed by atoms with van der Waals surface area (Å²) < 4.78 is 0. The lowest BCUT2D eigenvalue weighted by Crippen LogP contribution is -2.35. The Morgan fingerprint density at radius 2 is 2.35 bits per heavy atom. The second-order valence-corrected chi connectivity index (χ2v) is 5.71. The SMILES string of the molecule is O=C(c1ccc2c(c1)CCN2)N1CCCC1CCCO. The van der Waals surface area contributed by atoms with Gasteiger partial charge in [-0.25, -0.2) is 0 Å². The van der Waals surface area contributed by atoms with Gasteiger partial charge in [0.1, 0.15) is 0 Å². The molecule has 1 fully saturated rings. The second kappa shape index (κ2) is 5.83. The Morgan fingerprint density at radius 1 is 1.45 bits per heavy atom. The molecule has 0 radical (unpaired) electrons. The van der Waals surface area contributed by atoms with Crippen molar-refractivity contribution in [2.24, 2.45) is 0 Å². The molecule has 1 amide bonds. The zero-order valence-electron chi connectivity index (χ0n) is 11.8. The number of nitrogens with zero attached hydrogens (tertiary/aromatic N) is 1. The summed E-state index contributed by atoms with van der Waals surface area (Å²) in [6.45, 7) is 2.03. The maximum atomic E-state index is 12.7. The predicted octanol–water partition coefficient (Wildman–Crippen LogP) is 2.03. The number of rotatable bonds is 4. The summed E-state index contributed by atoms with van der Waals surface area (Å²) in [6.07, 6.45) is 4.84. The first-order valence-electron chi connectivity index (χ1n) is 7.58. The fraction of sp³-hybridized carbons (Fsp3) is 0.562. The van der Waals surface area contributed by atoms with E-state index in [-0.39, 0.29) is 12.5 Å². The smallest absolute Gasteiger partial charge is 0.254 e. The van der Waals surface area contributed by atoms with Gasteiger partial charge in [0.25, 0.3) is 5.91 Å². The van der Waals surface area contributed by atoms with E-state index in [1.165, 1.54) is 11.3 Å². The van der Waals surface area contributed by atoms with Gasteiger partial charge in [-0.05, 0) is 55.9 Å². The van der Waals surface area contributed by atoms with Crippen LogP contribution in [0.5, 0.6) is 0 Å². The van der Waals surface area contributed by atoms with Gasteiger partial charge in [0.15, 0.2) is 0 Å². The van der Waals surface area contributed by atoms with Gasteiger partial charge < -0.3 is 15.3 Å². The Morgan fingerprint density at radius 3 is 3.20 bits per heavy atom. The first kappa shape index (κ1) is 13.4. The Bertz CT molecular complexity index is 501. The van der Waals surface area contributed by atoms with E-state index in [1.54, 1.807) is 0 Å². The van der Waals surface area contributed by atoms with Gasteiger partial charge in [-0.3, -0.25) is 4.79 Å². The quantitative estimate of drug-likeness (QED) is 0.883. The lowest BCUT2D eigenvalue weighted by Gasteiger charge is -2.25. The van der Waals surface area contributed by atoms with Crippen LogP contribution in [0.15, 0.2) is 18.2 Å². The number of hydrogen-bond acceptors (Lipinski definition) is 3. The third-order valence-electron chi connectivity index (χ3n) is 4.40. The summed E-state index contributed by atoms with van der Waals surface area (Å²) in [6, 6.07) is 6.30. The van der Waals surface area contributed by atoms with Gasteiger partial charge in [0.05, 0.1) is 0 Å². The number of hydrogen-bond donors (Lipinski definition) is 2. The molecule has 2 aliphatic rings. The van der Waals surface area contributed by atoms with E-state index in [0.717, 1.165) is 50.8 Å². The summed E-state index contributed by atoms with van der Waals surface area (Å²) in [5, 5.41) is 12.3. The first-order chi connectivity index (χ1) is 9.79. The molecule has 3 rings (SSSR count). The Hall–Kier alpha value is -1.55. The molecule has 0 spiro atoms. The maximum Gasteiger partial charge on any atom is 0.254 e. The van der Waals surface area contributed by atoms with Crippen LogP contribution in [0.25, 0.3) is 0 Å². The van der Waals surface area contributed by atoms with Gasteiger partial charge in [-0.2, -0.15) is 0 Å². The Balaban J connectivity index is 1.74. The molecule has 4 nitrogen and oxygen atoms in total. The number of nitrogens with one attached hydrogen (secondary N) is 1. The number of amides is 1. The van der Waals surface area contributed by atoms with Crippen LogP contribution >= 0.6 is 0 Å². The van der Waals surface area contributed by atoms with Crippen molar-refractivity contribution in [3.8, 4) is 0 Å². The molecule has 1 aromatic rings. The molecule has 4 heteroatoms. The average Bonchev–Trinajstić information content (AvgIpc) is 3.12. The van der Waals surface area contributed by atoms with Crippen LogP contribution in [0, 0.1) is 0 Å². The summed E-state index contributed by atoms with van der Waals surface area (Å²) in [5.41, 5.74) is 3.23. The number of carbonyl (C=O) groups is 1. The number of carbonyl (C=O) groups excluding carboxylic acids is 1. The maximum absolute atomic E-state index is 12.7.